The molecule has 4 aromatic rings. The Morgan fingerprint density at radius 3 is 1.77 bits per heavy atom. The lowest BCUT2D eigenvalue weighted by Crippen LogP contribution is -2.60. The lowest BCUT2D eigenvalue weighted by molar-refractivity contribution is -0.132. The molecule has 0 bridgehead atoms. The average Bonchev–Trinajstić information content (AvgIpc) is 3.05. The molecule has 0 amide bonds. The van der Waals surface area contributed by atoms with Gasteiger partial charge < -0.3 is 4.74 Å². The minimum Gasteiger partial charge on any atom is -0.497 e. The Labute approximate surface area is 259 Å². The van der Waals surface area contributed by atoms with Gasteiger partial charge >= 0.3 is 0 Å². The van der Waals surface area contributed by atoms with E-state index in [0.717, 1.165) is 11.1 Å². The number of ketones is 1. The van der Waals surface area contributed by atoms with Crippen LogP contribution in [0.4, 0.5) is 0 Å². The third-order valence-electron chi connectivity index (χ3n) is 8.73. The topological polar surface area (TPSA) is 101 Å². The number of ether oxygens (including phenoxy) is 1. The van der Waals surface area contributed by atoms with E-state index in [9.17, 15) is 21.6 Å². The van der Waals surface area contributed by atoms with Gasteiger partial charge in [0.25, 0.3) is 0 Å². The van der Waals surface area contributed by atoms with Crippen LogP contribution < -0.4 is 4.74 Å². The summed E-state index contributed by atoms with van der Waals surface area (Å²) in [6, 6.07) is 28.8. The predicted octanol–water partition coefficient (Wildman–Crippen LogP) is 5.53. The molecule has 0 aromatic heterocycles. The molecule has 0 spiro atoms. The van der Waals surface area contributed by atoms with Gasteiger partial charge in [0, 0.05) is 24.9 Å². The van der Waals surface area contributed by atoms with E-state index >= 15 is 0 Å². The predicted molar refractivity (Wildman–Crippen MR) is 167 cm³/mol. The number of piperidine rings is 2. The number of aryl methyl sites for hydroxylation is 1. The Balaban J connectivity index is 1.50. The Hall–Kier alpha value is -3.83. The number of carbonyl (C=O) groups excluding carboxylic acids is 1. The van der Waals surface area contributed by atoms with Gasteiger partial charge in [0.2, 0.25) is 20.0 Å². The summed E-state index contributed by atoms with van der Waals surface area (Å²) >= 11 is 0. The molecule has 228 valence electrons. The molecule has 2 aliphatic heterocycles. The summed E-state index contributed by atoms with van der Waals surface area (Å²) in [5.41, 5.74) is 2.42. The van der Waals surface area contributed by atoms with E-state index in [1.807, 2.05) is 31.2 Å². The van der Waals surface area contributed by atoms with Crippen molar-refractivity contribution in [1.29, 1.82) is 0 Å². The van der Waals surface area contributed by atoms with Gasteiger partial charge in [-0.3, -0.25) is 4.79 Å². The molecule has 2 fully saturated rings. The minimum atomic E-state index is -4.10. The van der Waals surface area contributed by atoms with Crippen molar-refractivity contribution < 1.29 is 26.4 Å². The van der Waals surface area contributed by atoms with Crippen LogP contribution in [0.15, 0.2) is 119 Å². The first-order valence-corrected chi connectivity index (χ1v) is 17.4. The van der Waals surface area contributed by atoms with E-state index in [1.54, 1.807) is 92.0 Å². The van der Waals surface area contributed by atoms with Crippen molar-refractivity contribution in [3.8, 4) is 5.75 Å². The molecule has 0 saturated carbocycles. The third kappa shape index (κ3) is 5.47. The normalized spacial score (nSPS) is 23.2. The summed E-state index contributed by atoms with van der Waals surface area (Å²) in [4.78, 5) is 14.2. The summed E-state index contributed by atoms with van der Waals surface area (Å²) in [6.45, 7) is 1.82. The quantitative estimate of drug-likeness (QED) is 0.266. The monoisotopic (exact) mass is 630 g/mol. The number of Topliss-reactive ketones (excluding diaryl/α,β-unsaturated/α-hetero) is 1. The van der Waals surface area contributed by atoms with E-state index in [0.29, 0.717) is 11.3 Å². The molecule has 6 rings (SSSR count). The van der Waals surface area contributed by atoms with Crippen molar-refractivity contribution in [3.05, 3.63) is 126 Å². The molecule has 8 nitrogen and oxygen atoms in total. The van der Waals surface area contributed by atoms with Gasteiger partial charge in [-0.15, -0.1) is 0 Å². The number of methoxy groups -OCH3 is 1. The van der Waals surface area contributed by atoms with Crippen LogP contribution in [0.2, 0.25) is 0 Å². The fourth-order valence-electron chi connectivity index (χ4n) is 6.45. The van der Waals surface area contributed by atoms with Crippen molar-refractivity contribution >= 4 is 25.8 Å². The van der Waals surface area contributed by atoms with E-state index in [4.69, 9.17) is 4.74 Å². The number of nitrogens with zero attached hydrogens (tertiary/aromatic N) is 2. The first-order valence-electron chi connectivity index (χ1n) is 14.5. The Bertz CT molecular complexity index is 1850. The second-order valence-corrected chi connectivity index (χ2v) is 15.1. The molecular formula is C34H34N2O6S2. The SMILES string of the molecule is COc1ccc([C@@H]2CC(=O)[C@@H]3CN(S(=O)(=O)c4ccccc4)[C@H](c4ccc(C)cc4)C[C@@H]3N2S(=O)(=O)c2ccccc2)cc1. The molecule has 0 unspecified atom stereocenters. The van der Waals surface area contributed by atoms with E-state index in [-0.39, 0.29) is 35.0 Å². The number of sulfonamides is 2. The molecule has 2 aliphatic rings. The smallest absolute Gasteiger partial charge is 0.243 e. The maximum Gasteiger partial charge on any atom is 0.243 e. The first-order chi connectivity index (χ1) is 21.1. The van der Waals surface area contributed by atoms with Crippen LogP contribution in [-0.4, -0.2) is 50.9 Å². The summed E-state index contributed by atoms with van der Waals surface area (Å²) in [7, 11) is -6.57. The van der Waals surface area contributed by atoms with Crippen LogP contribution in [-0.2, 0) is 24.8 Å². The summed E-state index contributed by atoms with van der Waals surface area (Å²) < 4.78 is 65.5. The fraction of sp³-hybridized carbons (Fsp3) is 0.265. The van der Waals surface area contributed by atoms with Gasteiger partial charge in [-0.25, -0.2) is 16.8 Å². The van der Waals surface area contributed by atoms with Crippen molar-refractivity contribution in [2.24, 2.45) is 5.92 Å². The molecule has 2 saturated heterocycles. The number of hydrogen-bond donors (Lipinski definition) is 0. The maximum absolute atomic E-state index is 14.5. The maximum atomic E-state index is 14.5. The van der Waals surface area contributed by atoms with Crippen molar-refractivity contribution in [2.75, 3.05) is 13.7 Å². The van der Waals surface area contributed by atoms with Crippen molar-refractivity contribution in [3.63, 3.8) is 0 Å². The van der Waals surface area contributed by atoms with Crippen LogP contribution in [0.1, 0.15) is 41.6 Å². The molecule has 0 N–H and O–H groups in total. The minimum absolute atomic E-state index is 0.0754. The molecule has 4 aromatic carbocycles. The third-order valence-corrected chi connectivity index (χ3v) is 12.6. The zero-order valence-electron chi connectivity index (χ0n) is 24.5. The van der Waals surface area contributed by atoms with Crippen LogP contribution >= 0.6 is 0 Å². The number of fused-ring (bicyclic) bond motifs is 1. The summed E-state index contributed by atoms with van der Waals surface area (Å²) in [5, 5.41) is 0. The number of benzene rings is 4. The second kappa shape index (κ2) is 11.9. The zero-order chi connectivity index (χ0) is 31.1. The standard InChI is InChI=1S/C34H34N2O6S2/c1-24-13-15-25(16-14-24)31-21-33-30(23-35(31)43(38,39)28-9-5-3-6-10-28)34(37)22-32(26-17-19-27(42-2)20-18-26)36(33)44(40,41)29-11-7-4-8-12-29/h3-20,30-33H,21-23H2,1-2H3/t30-,31+,32+,33+/m1/s1. The lowest BCUT2D eigenvalue weighted by Gasteiger charge is -2.51. The number of rotatable bonds is 7. The molecule has 4 atom stereocenters. The molecule has 10 heteroatoms. The van der Waals surface area contributed by atoms with E-state index < -0.39 is 44.1 Å². The fourth-order valence-corrected chi connectivity index (χ4v) is 9.99. The van der Waals surface area contributed by atoms with Gasteiger partial charge in [0.1, 0.15) is 11.5 Å². The largest absolute Gasteiger partial charge is 0.497 e. The molecule has 44 heavy (non-hydrogen) atoms. The molecular weight excluding hydrogens is 597 g/mol. The number of carbonyl (C=O) groups is 1. The van der Waals surface area contributed by atoms with E-state index in [1.165, 1.54) is 8.61 Å². The van der Waals surface area contributed by atoms with Crippen LogP contribution in [0.5, 0.6) is 5.75 Å². The Morgan fingerprint density at radius 2 is 1.20 bits per heavy atom. The van der Waals surface area contributed by atoms with Gasteiger partial charge in [-0.1, -0.05) is 78.4 Å². The molecule has 0 radical (unpaired) electrons. The number of hydrogen-bond acceptors (Lipinski definition) is 6. The van der Waals surface area contributed by atoms with Gasteiger partial charge in [0.15, 0.2) is 0 Å². The lowest BCUT2D eigenvalue weighted by atomic mass is 9.77. The second-order valence-electron chi connectivity index (χ2n) is 11.3. The van der Waals surface area contributed by atoms with Crippen LogP contribution in [0, 0.1) is 12.8 Å². The average molecular weight is 631 g/mol. The summed E-state index contributed by atoms with van der Waals surface area (Å²) in [6.07, 6.45) is 0.0399. The van der Waals surface area contributed by atoms with Crippen LogP contribution in [0.3, 0.4) is 0 Å². The van der Waals surface area contributed by atoms with Gasteiger partial charge in [-0.2, -0.15) is 8.61 Å². The highest BCUT2D eigenvalue weighted by atomic mass is 32.2. The summed E-state index contributed by atoms with van der Waals surface area (Å²) in [5.74, 6) is -0.390. The van der Waals surface area contributed by atoms with E-state index in [2.05, 4.69) is 0 Å². The highest BCUT2D eigenvalue weighted by molar-refractivity contribution is 7.89. The van der Waals surface area contributed by atoms with Crippen molar-refractivity contribution in [1.82, 2.24) is 8.61 Å². The zero-order valence-corrected chi connectivity index (χ0v) is 26.1. The van der Waals surface area contributed by atoms with Gasteiger partial charge in [0.05, 0.1) is 29.0 Å². The molecule has 0 aliphatic carbocycles. The highest BCUT2D eigenvalue weighted by Gasteiger charge is 2.54. The van der Waals surface area contributed by atoms with Gasteiger partial charge in [-0.05, 0) is 60.9 Å². The van der Waals surface area contributed by atoms with Crippen LogP contribution in [0.25, 0.3) is 0 Å². The first kappa shape index (κ1) is 30.2. The molecule has 2 heterocycles. The highest BCUT2D eigenvalue weighted by Crippen LogP contribution is 2.48. The van der Waals surface area contributed by atoms with Crippen molar-refractivity contribution in [2.45, 2.75) is 47.7 Å². The Morgan fingerprint density at radius 1 is 0.682 bits per heavy atom. The Kier molecular flexibility index (Phi) is 8.19.